The molecule has 0 aliphatic heterocycles. The molecule has 158 valence electrons. The quantitative estimate of drug-likeness (QED) is 0.339. The average Bonchev–Trinajstić information content (AvgIpc) is 2.86. The van der Waals surface area contributed by atoms with Crippen LogP contribution in [0.5, 0.6) is 0 Å². The van der Waals surface area contributed by atoms with Crippen molar-refractivity contribution < 1.29 is 0 Å². The Labute approximate surface area is 189 Å². The zero-order valence-electron chi connectivity index (χ0n) is 18.1. The van der Waals surface area contributed by atoms with Gasteiger partial charge in [0.15, 0.2) is 5.82 Å². The predicted octanol–water partition coefficient (Wildman–Crippen LogP) is 5.60. The number of hydrogen-bond acceptors (Lipinski definition) is 7. The Morgan fingerprint density at radius 2 is 0.939 bits per heavy atom. The largest absolute Gasteiger partial charge is 0.293 e. The summed E-state index contributed by atoms with van der Waals surface area (Å²) in [7, 11) is 0. The van der Waals surface area contributed by atoms with Gasteiger partial charge in [-0.3, -0.25) is 24.8 Å². The lowest BCUT2D eigenvalue weighted by molar-refractivity contribution is 1.14. The van der Waals surface area contributed by atoms with Gasteiger partial charge in [0, 0.05) is 24.8 Å². The third kappa shape index (κ3) is 3.05. The molecule has 0 saturated heterocycles. The van der Waals surface area contributed by atoms with Gasteiger partial charge in [-0.1, -0.05) is 36.4 Å². The Bertz CT molecular complexity index is 1580. The summed E-state index contributed by atoms with van der Waals surface area (Å²) in [5.41, 5.74) is 8.31. The van der Waals surface area contributed by atoms with Crippen LogP contribution in [0.2, 0.25) is 0 Å². The van der Waals surface area contributed by atoms with Gasteiger partial charge >= 0.3 is 0 Å². The highest BCUT2D eigenvalue weighted by molar-refractivity contribution is 6.17. The van der Waals surface area contributed by atoms with E-state index in [0.29, 0.717) is 38.9 Å². The number of aromatic nitrogens is 6. The second-order valence-corrected chi connectivity index (χ2v) is 7.84. The minimum Gasteiger partial charge on any atom is -0.293 e. The maximum absolute atomic E-state index is 5.08. The van der Waals surface area contributed by atoms with Crippen molar-refractivity contribution in [1.29, 1.82) is 0 Å². The Morgan fingerprint density at radius 1 is 0.515 bits per heavy atom. The van der Waals surface area contributed by atoms with Crippen molar-refractivity contribution in [3.8, 4) is 0 Å². The number of hydrogen-bond donors (Lipinski definition) is 0. The average molecular weight is 429 g/mol. The van der Waals surface area contributed by atoms with Crippen molar-refractivity contribution >= 4 is 50.3 Å². The lowest BCUT2D eigenvalue weighted by atomic mass is 10.1. The van der Waals surface area contributed by atoms with Crippen LogP contribution in [0.1, 0.15) is 11.1 Å². The molecule has 0 unspecified atom stereocenters. The van der Waals surface area contributed by atoms with Crippen LogP contribution in [0.25, 0.3) is 33.1 Å². The van der Waals surface area contributed by atoms with Crippen LogP contribution in [0.15, 0.2) is 79.5 Å². The molecular weight excluding hydrogens is 410 g/mol. The zero-order chi connectivity index (χ0) is 22.4. The molecule has 7 heteroatoms. The molecule has 33 heavy (non-hydrogen) atoms. The summed E-state index contributed by atoms with van der Waals surface area (Å²) in [5, 5.41) is 0. The van der Waals surface area contributed by atoms with Crippen LogP contribution in [0.4, 0.5) is 17.2 Å². The van der Waals surface area contributed by atoms with E-state index in [1.165, 1.54) is 0 Å². The third-order valence-electron chi connectivity index (χ3n) is 5.77. The van der Waals surface area contributed by atoms with Crippen LogP contribution in [0.3, 0.4) is 0 Å². The summed E-state index contributed by atoms with van der Waals surface area (Å²) in [4.78, 5) is 30.2. The molecule has 0 N–H and O–H groups in total. The number of nitrogens with zero attached hydrogens (tertiary/aromatic N) is 7. The molecular formula is C26H19N7. The molecule has 6 rings (SSSR count). The molecule has 0 fully saturated rings. The molecule has 0 radical (unpaired) electrons. The Hall–Kier alpha value is -4.52. The van der Waals surface area contributed by atoms with Crippen molar-refractivity contribution in [2.45, 2.75) is 13.8 Å². The van der Waals surface area contributed by atoms with Crippen LogP contribution in [-0.2, 0) is 0 Å². The van der Waals surface area contributed by atoms with Crippen LogP contribution in [-0.4, -0.2) is 29.9 Å². The Kier molecular flexibility index (Phi) is 4.40. The van der Waals surface area contributed by atoms with Crippen LogP contribution >= 0.6 is 0 Å². The minimum atomic E-state index is 0.649. The molecule has 0 amide bonds. The molecule has 6 aromatic rings. The first kappa shape index (κ1) is 19.2. The normalized spacial score (nSPS) is 11.3. The summed E-state index contributed by atoms with van der Waals surface area (Å²) in [6.07, 6.45) is 8.43. The lowest BCUT2D eigenvalue weighted by Crippen LogP contribution is -2.14. The third-order valence-corrected chi connectivity index (χ3v) is 5.77. The Balaban J connectivity index is 1.70. The molecule has 0 aliphatic carbocycles. The standard InChI is InChI=1S/C26H19N7/c1-16-7-3-5-9-18(16)33(19-10-6-4-8-17(19)2)20-15-31-25-23-21(27-11-12-29-23)22-24(26(25)32-20)30-14-13-28-22/h3-15H,1-2H3. The highest BCUT2D eigenvalue weighted by Crippen LogP contribution is 2.38. The van der Waals surface area contributed by atoms with E-state index in [2.05, 4.69) is 62.9 Å². The van der Waals surface area contributed by atoms with Gasteiger partial charge in [0.05, 0.1) is 17.6 Å². The van der Waals surface area contributed by atoms with Gasteiger partial charge in [-0.2, -0.15) is 0 Å². The van der Waals surface area contributed by atoms with Gasteiger partial charge in [0.25, 0.3) is 0 Å². The van der Waals surface area contributed by atoms with Gasteiger partial charge in [-0.05, 0) is 37.1 Å². The first-order chi connectivity index (χ1) is 16.2. The fourth-order valence-electron chi connectivity index (χ4n) is 4.20. The van der Waals surface area contributed by atoms with Gasteiger partial charge < -0.3 is 0 Å². The first-order valence-electron chi connectivity index (χ1n) is 10.6. The number of aryl methyl sites for hydroxylation is 2. The van der Waals surface area contributed by atoms with Gasteiger partial charge in [-0.25, -0.2) is 9.97 Å². The first-order valence-corrected chi connectivity index (χ1v) is 10.6. The van der Waals surface area contributed by atoms with Crippen molar-refractivity contribution in [3.05, 3.63) is 90.6 Å². The van der Waals surface area contributed by atoms with Gasteiger partial charge in [0.1, 0.15) is 33.1 Å². The SMILES string of the molecule is Cc1ccccc1N(c1cnc2c3nccnc3c3nccnc3c2n1)c1ccccc1C. The van der Waals surface area contributed by atoms with E-state index in [1.807, 2.05) is 24.3 Å². The number of fused-ring (bicyclic) bond motifs is 6. The smallest absolute Gasteiger partial charge is 0.156 e. The second-order valence-electron chi connectivity index (χ2n) is 7.84. The monoisotopic (exact) mass is 429 g/mol. The number of benzene rings is 3. The van der Waals surface area contributed by atoms with Crippen molar-refractivity contribution in [3.63, 3.8) is 0 Å². The molecule has 0 aliphatic rings. The molecule has 3 aromatic carbocycles. The summed E-state index contributed by atoms with van der Waals surface area (Å²) in [6, 6.07) is 16.5. The topological polar surface area (TPSA) is 80.6 Å². The molecule has 3 aromatic heterocycles. The highest BCUT2D eigenvalue weighted by atomic mass is 15.2. The van der Waals surface area contributed by atoms with E-state index >= 15 is 0 Å². The molecule has 3 heterocycles. The maximum Gasteiger partial charge on any atom is 0.156 e. The number of anilines is 3. The van der Waals surface area contributed by atoms with E-state index < -0.39 is 0 Å². The van der Waals surface area contributed by atoms with Crippen LogP contribution in [0, 0.1) is 13.8 Å². The fourth-order valence-corrected chi connectivity index (χ4v) is 4.20. The van der Waals surface area contributed by atoms with E-state index in [1.54, 1.807) is 31.0 Å². The molecule has 0 saturated carbocycles. The molecule has 0 atom stereocenters. The molecule has 7 nitrogen and oxygen atoms in total. The summed E-state index contributed by atoms with van der Waals surface area (Å²) in [6.45, 7) is 4.19. The predicted molar refractivity (Wildman–Crippen MR) is 130 cm³/mol. The Morgan fingerprint density at radius 3 is 1.42 bits per heavy atom. The summed E-state index contributed by atoms with van der Waals surface area (Å²) in [5.74, 6) is 0.696. The van der Waals surface area contributed by atoms with Crippen molar-refractivity contribution in [1.82, 2.24) is 29.9 Å². The highest BCUT2D eigenvalue weighted by Gasteiger charge is 2.21. The van der Waals surface area contributed by atoms with E-state index in [4.69, 9.17) is 9.97 Å². The van der Waals surface area contributed by atoms with Crippen molar-refractivity contribution in [2.24, 2.45) is 0 Å². The van der Waals surface area contributed by atoms with Gasteiger partial charge in [0.2, 0.25) is 0 Å². The summed E-state index contributed by atoms with van der Waals surface area (Å²) < 4.78 is 0. The van der Waals surface area contributed by atoms with Crippen molar-refractivity contribution in [2.75, 3.05) is 4.90 Å². The summed E-state index contributed by atoms with van der Waals surface area (Å²) >= 11 is 0. The fraction of sp³-hybridized carbons (Fsp3) is 0.0769. The van der Waals surface area contributed by atoms with Gasteiger partial charge in [-0.15, -0.1) is 0 Å². The number of para-hydroxylation sites is 2. The maximum atomic E-state index is 5.08. The van der Waals surface area contributed by atoms with E-state index in [0.717, 1.165) is 22.5 Å². The zero-order valence-corrected chi connectivity index (χ0v) is 18.1. The van der Waals surface area contributed by atoms with E-state index in [9.17, 15) is 0 Å². The van der Waals surface area contributed by atoms with E-state index in [-0.39, 0.29) is 0 Å². The lowest BCUT2D eigenvalue weighted by Gasteiger charge is -2.27. The van der Waals surface area contributed by atoms with Crippen LogP contribution < -0.4 is 4.90 Å². The molecule has 0 bridgehead atoms. The molecule has 0 spiro atoms. The minimum absolute atomic E-state index is 0.649. The number of rotatable bonds is 3. The second kappa shape index (κ2) is 7.56.